The van der Waals surface area contributed by atoms with Crippen LogP contribution in [0.4, 0.5) is 14.6 Å². The topological polar surface area (TPSA) is 114 Å². The van der Waals surface area contributed by atoms with E-state index in [0.717, 1.165) is 16.8 Å². The number of carbonyl (C=O) groups excluding carboxylic acids is 1. The number of rotatable bonds is 7. The Morgan fingerprint density at radius 1 is 1.00 bits per heavy atom. The molecule has 1 N–H and O–H groups in total. The number of allylic oxidation sites excluding steroid dienone is 1. The number of anilines is 1. The largest absolute Gasteiger partial charge is 0.307 e. The van der Waals surface area contributed by atoms with Crippen molar-refractivity contribution in [3.05, 3.63) is 54.2 Å². The van der Waals surface area contributed by atoms with Gasteiger partial charge < -0.3 is 5.32 Å². The Hall–Kier alpha value is -2.70. The van der Waals surface area contributed by atoms with Gasteiger partial charge in [-0.05, 0) is 48.6 Å². The van der Waals surface area contributed by atoms with Crippen molar-refractivity contribution in [3.63, 3.8) is 0 Å². The summed E-state index contributed by atoms with van der Waals surface area (Å²) in [6.45, 7) is 0. The summed E-state index contributed by atoms with van der Waals surface area (Å²) in [5.41, 5.74) is 0.451. The highest BCUT2D eigenvalue weighted by Gasteiger charge is 2.34. The van der Waals surface area contributed by atoms with Crippen LogP contribution in [0.3, 0.4) is 0 Å². The van der Waals surface area contributed by atoms with E-state index in [1.54, 1.807) is 0 Å². The van der Waals surface area contributed by atoms with Crippen LogP contribution in [0.2, 0.25) is 0 Å². The third-order valence-electron chi connectivity index (χ3n) is 5.45. The first-order valence-corrected chi connectivity index (χ1v) is 13.6. The van der Waals surface area contributed by atoms with Gasteiger partial charge in [-0.25, -0.2) is 34.9 Å². The molecule has 0 bridgehead atoms. The highest BCUT2D eigenvalue weighted by molar-refractivity contribution is 7.90. The van der Waals surface area contributed by atoms with Crippen LogP contribution in [0.15, 0.2) is 58.5 Å². The monoisotopic (exact) mass is 513 g/mol. The number of sulfonamides is 1. The Morgan fingerprint density at radius 3 is 2.03 bits per heavy atom. The Balaban J connectivity index is 1.91. The lowest BCUT2D eigenvalue weighted by atomic mass is 9.98. The molecule has 1 saturated carbocycles. The number of alkyl halides is 2. The minimum absolute atomic E-state index is 0.0587. The number of benzene rings is 1. The summed E-state index contributed by atoms with van der Waals surface area (Å²) in [7, 11) is -4.39. The maximum Gasteiger partial charge on any atom is 0.257 e. The van der Waals surface area contributed by atoms with Crippen molar-refractivity contribution in [1.29, 1.82) is 0 Å². The van der Waals surface area contributed by atoms with Crippen molar-refractivity contribution in [1.82, 2.24) is 9.29 Å². The average molecular weight is 514 g/mol. The molecule has 1 aliphatic rings. The molecule has 1 heterocycles. The second-order valence-electron chi connectivity index (χ2n) is 8.26. The maximum absolute atomic E-state index is 13.7. The van der Waals surface area contributed by atoms with E-state index < -0.39 is 44.0 Å². The van der Waals surface area contributed by atoms with Crippen LogP contribution >= 0.6 is 0 Å². The third kappa shape index (κ3) is 5.86. The lowest BCUT2D eigenvalue weighted by molar-refractivity contribution is -0.111. The van der Waals surface area contributed by atoms with Crippen molar-refractivity contribution in [2.75, 3.05) is 25.7 Å². The zero-order chi connectivity index (χ0) is 25.3. The Bertz CT molecular complexity index is 1280. The number of carbonyl (C=O) groups is 1. The molecule has 0 aliphatic heterocycles. The van der Waals surface area contributed by atoms with Gasteiger partial charge in [-0.1, -0.05) is 18.2 Å². The Labute approximate surface area is 197 Å². The molecular formula is C22H25F2N3O5S2. The summed E-state index contributed by atoms with van der Waals surface area (Å²) in [5, 5.41) is 2.56. The molecule has 184 valence electrons. The highest BCUT2D eigenvalue weighted by atomic mass is 32.2. The van der Waals surface area contributed by atoms with Gasteiger partial charge in [-0.3, -0.25) is 4.79 Å². The molecule has 1 aromatic carbocycles. The van der Waals surface area contributed by atoms with E-state index in [2.05, 4.69) is 10.3 Å². The fraction of sp³-hybridized carbons (Fsp3) is 0.364. The van der Waals surface area contributed by atoms with Gasteiger partial charge in [-0.2, -0.15) is 0 Å². The molecule has 0 radical (unpaired) electrons. The standard InChI is InChI=1S/C22H25F2N3O5S2/c1-27(2)34(31,32)17-8-9-21(25-13-17)26-22(28)18(10-14-11-19(23)20(24)12-14)15-4-6-16(7-5-15)33(3,29)30/h4-10,13-14,19-20H,11-12H2,1-3H3,(H,25,26,28)/b18-10+. The van der Waals surface area contributed by atoms with Crippen LogP contribution in [0, 0.1) is 5.92 Å². The number of aromatic nitrogens is 1. The summed E-state index contributed by atoms with van der Waals surface area (Å²) in [4.78, 5) is 17.1. The highest BCUT2D eigenvalue weighted by Crippen LogP contribution is 2.34. The van der Waals surface area contributed by atoms with Gasteiger partial charge in [-0.15, -0.1) is 0 Å². The molecule has 0 saturated heterocycles. The minimum Gasteiger partial charge on any atom is -0.307 e. The summed E-state index contributed by atoms with van der Waals surface area (Å²) in [6.07, 6.45) is 0.245. The van der Waals surface area contributed by atoms with Gasteiger partial charge in [0.2, 0.25) is 10.0 Å². The normalized spacial score (nSPS) is 21.6. The van der Waals surface area contributed by atoms with Crippen molar-refractivity contribution < 1.29 is 30.4 Å². The van der Waals surface area contributed by atoms with Gasteiger partial charge >= 0.3 is 0 Å². The van der Waals surface area contributed by atoms with Crippen molar-refractivity contribution in [2.24, 2.45) is 5.92 Å². The smallest absolute Gasteiger partial charge is 0.257 e. The van der Waals surface area contributed by atoms with E-state index in [1.165, 1.54) is 56.6 Å². The SMILES string of the molecule is CN(C)S(=O)(=O)c1ccc(NC(=O)/C(=C/C2CC(F)C(F)C2)c2ccc(S(C)(=O)=O)cc2)nc1. The van der Waals surface area contributed by atoms with Crippen LogP contribution in [0.5, 0.6) is 0 Å². The molecule has 1 aromatic heterocycles. The van der Waals surface area contributed by atoms with Crippen molar-refractivity contribution >= 4 is 37.2 Å². The van der Waals surface area contributed by atoms with E-state index in [0.29, 0.717) is 5.56 Å². The first-order valence-electron chi connectivity index (χ1n) is 10.3. The zero-order valence-corrected chi connectivity index (χ0v) is 20.4. The predicted octanol–water partition coefficient (Wildman–Crippen LogP) is 2.84. The Kier molecular flexibility index (Phi) is 7.53. The number of amides is 1. The third-order valence-corrected chi connectivity index (χ3v) is 8.37. The van der Waals surface area contributed by atoms with Crippen LogP contribution < -0.4 is 5.32 Å². The zero-order valence-electron chi connectivity index (χ0n) is 18.8. The molecule has 0 spiro atoms. The number of hydrogen-bond acceptors (Lipinski definition) is 6. The lowest BCUT2D eigenvalue weighted by Gasteiger charge is -2.13. The molecule has 2 aromatic rings. The fourth-order valence-electron chi connectivity index (χ4n) is 3.53. The number of nitrogens with zero attached hydrogens (tertiary/aromatic N) is 2. The first kappa shape index (κ1) is 25.9. The van der Waals surface area contributed by atoms with Gasteiger partial charge in [0.05, 0.1) is 4.90 Å². The first-order chi connectivity index (χ1) is 15.8. The molecule has 1 amide bonds. The van der Waals surface area contributed by atoms with Crippen LogP contribution in [-0.2, 0) is 24.7 Å². The number of nitrogens with one attached hydrogen (secondary N) is 1. The number of pyridine rings is 1. The van der Waals surface area contributed by atoms with E-state index in [-0.39, 0.29) is 34.0 Å². The minimum atomic E-state index is -3.70. The fourth-order valence-corrected chi connectivity index (χ4v) is 5.01. The molecule has 3 rings (SSSR count). The molecule has 2 atom stereocenters. The van der Waals surface area contributed by atoms with Gasteiger partial charge in [0, 0.05) is 32.1 Å². The van der Waals surface area contributed by atoms with E-state index in [1.807, 2.05) is 0 Å². The van der Waals surface area contributed by atoms with Gasteiger partial charge in [0.1, 0.15) is 23.1 Å². The van der Waals surface area contributed by atoms with Crippen LogP contribution in [0.1, 0.15) is 18.4 Å². The summed E-state index contributed by atoms with van der Waals surface area (Å²) >= 11 is 0. The van der Waals surface area contributed by atoms with Crippen molar-refractivity contribution in [2.45, 2.75) is 35.0 Å². The van der Waals surface area contributed by atoms with Gasteiger partial charge in [0.15, 0.2) is 9.84 Å². The quantitative estimate of drug-likeness (QED) is 0.570. The Morgan fingerprint density at radius 2 is 1.56 bits per heavy atom. The molecule has 2 unspecified atom stereocenters. The second kappa shape index (κ2) is 9.88. The van der Waals surface area contributed by atoms with E-state index >= 15 is 0 Å². The molecule has 34 heavy (non-hydrogen) atoms. The summed E-state index contributed by atoms with van der Waals surface area (Å²) in [6, 6.07) is 8.18. The number of sulfone groups is 1. The maximum atomic E-state index is 13.7. The summed E-state index contributed by atoms with van der Waals surface area (Å²) in [5.74, 6) is -1.10. The average Bonchev–Trinajstić information content (AvgIpc) is 3.08. The second-order valence-corrected chi connectivity index (χ2v) is 12.4. The molecular weight excluding hydrogens is 488 g/mol. The molecule has 1 aliphatic carbocycles. The molecule has 1 fully saturated rings. The van der Waals surface area contributed by atoms with Crippen LogP contribution in [-0.4, -0.2) is 64.7 Å². The predicted molar refractivity (Wildman–Crippen MR) is 124 cm³/mol. The van der Waals surface area contributed by atoms with Crippen LogP contribution in [0.25, 0.3) is 5.57 Å². The lowest BCUT2D eigenvalue weighted by Crippen LogP contribution is -2.22. The van der Waals surface area contributed by atoms with E-state index in [9.17, 15) is 30.4 Å². The van der Waals surface area contributed by atoms with Gasteiger partial charge in [0.25, 0.3) is 5.91 Å². The van der Waals surface area contributed by atoms with Crippen molar-refractivity contribution in [3.8, 4) is 0 Å². The number of halogens is 2. The molecule has 8 nitrogen and oxygen atoms in total. The summed E-state index contributed by atoms with van der Waals surface area (Å²) < 4.78 is 76.3. The number of hydrogen-bond donors (Lipinski definition) is 1. The van der Waals surface area contributed by atoms with E-state index in [4.69, 9.17) is 0 Å². The molecule has 12 heteroatoms.